The van der Waals surface area contributed by atoms with Gasteiger partial charge >= 0.3 is 25.4 Å². The van der Waals surface area contributed by atoms with Gasteiger partial charge in [0.1, 0.15) is 30.2 Å². The number of esters is 2. The molecule has 1 saturated heterocycles. The van der Waals surface area contributed by atoms with Gasteiger partial charge in [-0.2, -0.15) is 5.09 Å². The number of hydrogen-bond donors (Lipinski definition) is 3. The molecular formula is C30H40N3O11P. The Bertz CT molecular complexity index is 1500. The molecule has 2 aromatic rings. The van der Waals surface area contributed by atoms with E-state index in [2.05, 4.69) is 14.8 Å². The van der Waals surface area contributed by atoms with Gasteiger partial charge < -0.3 is 23.8 Å². The van der Waals surface area contributed by atoms with Crippen LogP contribution in [0.15, 0.2) is 52.2 Å². The van der Waals surface area contributed by atoms with Crippen molar-refractivity contribution in [2.75, 3.05) is 13.7 Å². The summed E-state index contributed by atoms with van der Waals surface area (Å²) in [5.74, 6) is -1.39. The summed E-state index contributed by atoms with van der Waals surface area (Å²) in [6.45, 7) is 3.11. The zero-order valence-corrected chi connectivity index (χ0v) is 26.4. The van der Waals surface area contributed by atoms with Crippen LogP contribution in [0.25, 0.3) is 6.08 Å². The SMILES string of the molecule is COC(=O)/C=C/c1cn([C@H]2C[C@H](O)[C@@H](COP(=O)(N[C@H](C(=O)OC3CCCCC3)C(C)C)Oc3ccccc3)O2)c(=O)[nH]c1=O. The summed E-state index contributed by atoms with van der Waals surface area (Å²) in [6, 6.07) is 7.24. The number of nitrogens with zero attached hydrogens (tertiary/aromatic N) is 1. The van der Waals surface area contributed by atoms with E-state index >= 15 is 0 Å². The van der Waals surface area contributed by atoms with Crippen molar-refractivity contribution in [1.29, 1.82) is 0 Å². The molecule has 0 radical (unpaired) electrons. The number of hydrogen-bond acceptors (Lipinski definition) is 11. The van der Waals surface area contributed by atoms with Crippen molar-refractivity contribution >= 4 is 25.8 Å². The minimum absolute atomic E-state index is 0.0254. The van der Waals surface area contributed by atoms with Crippen molar-refractivity contribution in [2.24, 2.45) is 5.92 Å². The molecule has 4 rings (SSSR count). The van der Waals surface area contributed by atoms with E-state index in [1.165, 1.54) is 19.4 Å². The first-order chi connectivity index (χ1) is 21.5. The number of ether oxygens (including phenoxy) is 3. The number of H-pyrrole nitrogens is 1. The fourth-order valence-electron chi connectivity index (χ4n) is 5.04. The van der Waals surface area contributed by atoms with Crippen LogP contribution in [0.2, 0.25) is 0 Å². The van der Waals surface area contributed by atoms with Crippen molar-refractivity contribution in [3.8, 4) is 5.75 Å². The second kappa shape index (κ2) is 15.6. The number of aromatic nitrogens is 2. The van der Waals surface area contributed by atoms with E-state index in [0.717, 1.165) is 42.7 Å². The lowest BCUT2D eigenvalue weighted by Gasteiger charge is -2.29. The van der Waals surface area contributed by atoms with Crippen LogP contribution in [0.1, 0.15) is 64.2 Å². The van der Waals surface area contributed by atoms with Crippen LogP contribution in [-0.2, 0) is 32.9 Å². The molecule has 0 bridgehead atoms. The Morgan fingerprint density at radius 2 is 1.89 bits per heavy atom. The predicted molar refractivity (Wildman–Crippen MR) is 162 cm³/mol. The van der Waals surface area contributed by atoms with Crippen molar-refractivity contribution < 1.29 is 42.5 Å². The standard InChI is InChI=1S/C30H40N3O11P/c1-19(2)27(29(37)42-21-10-6-4-7-11-21)32-45(39,44-22-12-8-5-9-13-22)41-18-24-23(34)16-25(43-24)33-17-20(14-15-26(35)40-3)28(36)31-30(33)38/h5,8-9,12-15,17,19,21,23-25,27,34H,4,6-7,10-11,16,18H2,1-3H3,(H,32,39)(H,31,36,38)/b15-14+/t23-,24+,25+,27-,45?/m0/s1. The number of carbonyl (C=O) groups excluding carboxylic acids is 2. The second-order valence-electron chi connectivity index (χ2n) is 11.3. The maximum Gasteiger partial charge on any atom is 0.459 e. The highest BCUT2D eigenvalue weighted by molar-refractivity contribution is 7.52. The van der Waals surface area contributed by atoms with Gasteiger partial charge in [-0.15, -0.1) is 0 Å². The van der Waals surface area contributed by atoms with E-state index in [1.807, 2.05) is 0 Å². The van der Waals surface area contributed by atoms with Gasteiger partial charge in [0.05, 0.1) is 25.4 Å². The number of benzene rings is 1. The number of methoxy groups -OCH3 is 1. The molecule has 246 valence electrons. The van der Waals surface area contributed by atoms with Crippen LogP contribution in [0.5, 0.6) is 5.75 Å². The van der Waals surface area contributed by atoms with E-state index in [1.54, 1.807) is 44.2 Å². The Balaban J connectivity index is 1.50. The molecule has 2 heterocycles. The van der Waals surface area contributed by atoms with Gasteiger partial charge in [0, 0.05) is 18.7 Å². The monoisotopic (exact) mass is 649 g/mol. The van der Waals surface area contributed by atoms with Gasteiger partial charge in [0.25, 0.3) is 5.56 Å². The number of aromatic amines is 1. The quantitative estimate of drug-likeness (QED) is 0.164. The maximum absolute atomic E-state index is 14.2. The zero-order valence-electron chi connectivity index (χ0n) is 25.5. The molecule has 2 fully saturated rings. The Labute approximate surface area is 260 Å². The Hall–Kier alpha value is -3.55. The third-order valence-electron chi connectivity index (χ3n) is 7.54. The number of nitrogens with one attached hydrogen (secondary N) is 2. The van der Waals surface area contributed by atoms with Crippen LogP contribution in [0.4, 0.5) is 0 Å². The predicted octanol–water partition coefficient (Wildman–Crippen LogP) is 3.07. The van der Waals surface area contributed by atoms with E-state index in [9.17, 15) is 28.8 Å². The van der Waals surface area contributed by atoms with E-state index in [4.69, 9.17) is 18.5 Å². The lowest BCUT2D eigenvalue weighted by atomic mass is 9.97. The Kier molecular flexibility index (Phi) is 11.9. The fourth-order valence-corrected chi connectivity index (χ4v) is 6.71. The molecule has 0 amide bonds. The summed E-state index contributed by atoms with van der Waals surface area (Å²) >= 11 is 0. The molecule has 14 nitrogen and oxygen atoms in total. The minimum atomic E-state index is -4.29. The molecule has 0 spiro atoms. The first-order valence-electron chi connectivity index (χ1n) is 14.9. The van der Waals surface area contributed by atoms with E-state index in [0.29, 0.717) is 0 Å². The molecule has 45 heavy (non-hydrogen) atoms. The molecule has 1 saturated carbocycles. The van der Waals surface area contributed by atoms with Crippen molar-refractivity contribution in [3.05, 3.63) is 69.0 Å². The molecule has 2 aliphatic rings. The molecule has 1 aliphatic heterocycles. The number of para-hydroxylation sites is 1. The number of rotatable bonds is 13. The second-order valence-corrected chi connectivity index (χ2v) is 13.0. The van der Waals surface area contributed by atoms with Crippen molar-refractivity contribution in [2.45, 2.75) is 83.0 Å². The molecule has 5 atom stereocenters. The van der Waals surface area contributed by atoms with Crippen LogP contribution in [0, 0.1) is 5.92 Å². The Morgan fingerprint density at radius 3 is 2.56 bits per heavy atom. The summed E-state index contributed by atoms with van der Waals surface area (Å²) in [4.78, 5) is 51.6. The first kappa shape index (κ1) is 34.3. The number of carbonyl (C=O) groups is 2. The highest BCUT2D eigenvalue weighted by atomic mass is 31.2. The zero-order chi connectivity index (χ0) is 32.6. The van der Waals surface area contributed by atoms with Crippen LogP contribution < -0.4 is 20.9 Å². The third-order valence-corrected chi connectivity index (χ3v) is 9.07. The van der Waals surface area contributed by atoms with Crippen molar-refractivity contribution in [1.82, 2.24) is 14.6 Å². The Morgan fingerprint density at radius 1 is 1.18 bits per heavy atom. The smallest absolute Gasteiger partial charge is 0.459 e. The molecule has 15 heteroatoms. The maximum atomic E-state index is 14.2. The van der Waals surface area contributed by atoms with E-state index in [-0.39, 0.29) is 29.8 Å². The fraction of sp³-hybridized carbons (Fsp3) is 0.533. The van der Waals surface area contributed by atoms with Gasteiger partial charge in [0.15, 0.2) is 0 Å². The van der Waals surface area contributed by atoms with Crippen molar-refractivity contribution in [3.63, 3.8) is 0 Å². The normalized spacial score (nSPS) is 22.6. The summed E-state index contributed by atoms with van der Waals surface area (Å²) in [7, 11) is -3.11. The van der Waals surface area contributed by atoms with Crippen LogP contribution in [-0.4, -0.2) is 64.7 Å². The van der Waals surface area contributed by atoms with Gasteiger partial charge in [-0.3, -0.25) is 23.7 Å². The van der Waals surface area contributed by atoms with Gasteiger partial charge in [-0.1, -0.05) is 38.5 Å². The average Bonchev–Trinajstić information content (AvgIpc) is 3.39. The summed E-state index contributed by atoms with van der Waals surface area (Å²) in [5, 5.41) is 13.5. The lowest BCUT2D eigenvalue weighted by Crippen LogP contribution is -2.43. The molecule has 1 unspecified atom stereocenters. The number of aliphatic hydroxyl groups is 1. The van der Waals surface area contributed by atoms with E-state index < -0.39 is 62.0 Å². The molecule has 1 aromatic carbocycles. The summed E-state index contributed by atoms with van der Waals surface area (Å²) in [6.07, 6.45) is 4.42. The summed E-state index contributed by atoms with van der Waals surface area (Å²) < 4.78 is 42.9. The van der Waals surface area contributed by atoms with Gasteiger partial charge in [-0.25, -0.2) is 14.2 Å². The highest BCUT2D eigenvalue weighted by Crippen LogP contribution is 2.46. The van der Waals surface area contributed by atoms with Crippen LogP contribution >= 0.6 is 7.75 Å². The van der Waals surface area contributed by atoms with Crippen LogP contribution in [0.3, 0.4) is 0 Å². The summed E-state index contributed by atoms with van der Waals surface area (Å²) in [5.41, 5.74) is -1.56. The molecule has 1 aromatic heterocycles. The largest absolute Gasteiger partial charge is 0.466 e. The number of aliphatic hydroxyl groups excluding tert-OH is 1. The topological polar surface area (TPSA) is 184 Å². The average molecular weight is 650 g/mol. The third kappa shape index (κ3) is 9.47. The molecule has 1 aliphatic carbocycles. The van der Waals surface area contributed by atoms with Gasteiger partial charge in [0.2, 0.25) is 0 Å². The van der Waals surface area contributed by atoms with Gasteiger partial charge in [-0.05, 0) is 49.8 Å². The highest BCUT2D eigenvalue weighted by Gasteiger charge is 2.41. The first-order valence-corrected chi connectivity index (χ1v) is 16.4. The molecular weight excluding hydrogens is 609 g/mol. The minimum Gasteiger partial charge on any atom is -0.466 e. The lowest BCUT2D eigenvalue weighted by molar-refractivity contribution is -0.154. The molecule has 3 N–H and O–H groups in total.